The Morgan fingerprint density at radius 3 is 2.79 bits per heavy atom. The topological polar surface area (TPSA) is 77.2 Å². The lowest BCUT2D eigenvalue weighted by atomic mass is 10.3. The third-order valence-electron chi connectivity index (χ3n) is 3.82. The second-order valence-corrected chi connectivity index (χ2v) is 7.00. The van der Waals surface area contributed by atoms with Gasteiger partial charge in [-0.3, -0.25) is 0 Å². The summed E-state index contributed by atoms with van der Waals surface area (Å²) in [6, 6.07) is 6.22. The number of hydrogen-bond acceptors (Lipinski definition) is 7. The van der Waals surface area contributed by atoms with Gasteiger partial charge in [0, 0.05) is 17.1 Å². The molecule has 4 aromatic rings. The molecule has 0 aromatic carbocycles. The third-order valence-corrected chi connectivity index (χ3v) is 4.78. The number of aromatic nitrogens is 5. The number of nitrogens with one attached hydrogen (secondary N) is 1. The molecule has 7 nitrogen and oxygen atoms in total. The third kappa shape index (κ3) is 4.25. The molecule has 1 N–H and O–H groups in total. The summed E-state index contributed by atoms with van der Waals surface area (Å²) in [5.41, 5.74) is 0.591. The Balaban J connectivity index is 1.39. The highest BCUT2D eigenvalue weighted by atomic mass is 35.5. The monoisotopic (exact) mass is 440 g/mol. The van der Waals surface area contributed by atoms with Gasteiger partial charge in [0.2, 0.25) is 5.88 Å². The van der Waals surface area contributed by atoms with Gasteiger partial charge in [0.15, 0.2) is 11.5 Å². The van der Waals surface area contributed by atoms with Crippen LogP contribution in [0.15, 0.2) is 41.2 Å². The van der Waals surface area contributed by atoms with Crippen LogP contribution in [0, 0.1) is 0 Å². The van der Waals surface area contributed by atoms with Crippen molar-refractivity contribution in [3.63, 3.8) is 0 Å². The number of ether oxygens (including phenoxy) is 1. The Labute approximate surface area is 171 Å². The van der Waals surface area contributed by atoms with Crippen LogP contribution >= 0.6 is 22.9 Å². The number of rotatable bonds is 6. The van der Waals surface area contributed by atoms with Gasteiger partial charge in [0.25, 0.3) is 0 Å². The van der Waals surface area contributed by atoms with Crippen LogP contribution in [0.1, 0.15) is 5.56 Å². The molecular formula is C17H12ClF3N6OS. The Morgan fingerprint density at radius 2 is 2.07 bits per heavy atom. The number of thiophene rings is 1. The Hall–Kier alpha value is -2.92. The summed E-state index contributed by atoms with van der Waals surface area (Å²) in [5, 5.41) is 19.4. The number of pyridine rings is 1. The molecular weight excluding hydrogens is 429 g/mol. The predicted molar refractivity (Wildman–Crippen MR) is 102 cm³/mol. The molecule has 0 unspecified atom stereocenters. The molecule has 150 valence electrons. The van der Waals surface area contributed by atoms with E-state index in [2.05, 4.69) is 25.6 Å². The fourth-order valence-corrected chi connectivity index (χ4v) is 3.32. The SMILES string of the molecule is FC(F)(F)c1cnc(OCCNc2ccc3nnc(-c4ccsc4)n3n2)c(Cl)c1. The van der Waals surface area contributed by atoms with Crippen molar-refractivity contribution in [2.75, 3.05) is 18.5 Å². The maximum Gasteiger partial charge on any atom is 0.417 e. The zero-order valence-corrected chi connectivity index (χ0v) is 16.1. The lowest BCUT2D eigenvalue weighted by Crippen LogP contribution is -2.14. The first-order valence-corrected chi connectivity index (χ1v) is 9.58. The van der Waals surface area contributed by atoms with Crippen LogP contribution in [0.3, 0.4) is 0 Å². The van der Waals surface area contributed by atoms with Gasteiger partial charge < -0.3 is 10.1 Å². The number of halogens is 4. The minimum Gasteiger partial charge on any atom is -0.475 e. The summed E-state index contributed by atoms with van der Waals surface area (Å²) in [4.78, 5) is 3.63. The first-order valence-electron chi connectivity index (χ1n) is 8.26. The molecule has 4 rings (SSSR count). The van der Waals surface area contributed by atoms with Crippen LogP contribution in [0.2, 0.25) is 5.02 Å². The van der Waals surface area contributed by atoms with E-state index >= 15 is 0 Å². The smallest absolute Gasteiger partial charge is 0.417 e. The summed E-state index contributed by atoms with van der Waals surface area (Å²) >= 11 is 7.36. The van der Waals surface area contributed by atoms with Gasteiger partial charge in [0.1, 0.15) is 17.4 Å². The molecule has 4 aromatic heterocycles. The molecule has 0 amide bonds. The van der Waals surface area contributed by atoms with Crippen LogP contribution < -0.4 is 10.1 Å². The highest BCUT2D eigenvalue weighted by Crippen LogP contribution is 2.33. The van der Waals surface area contributed by atoms with Gasteiger partial charge in [-0.15, -0.1) is 15.3 Å². The molecule has 0 spiro atoms. The molecule has 0 saturated heterocycles. The zero-order chi connectivity index (χ0) is 20.4. The molecule has 0 aliphatic rings. The molecule has 0 saturated carbocycles. The minimum atomic E-state index is -4.51. The van der Waals surface area contributed by atoms with Gasteiger partial charge in [-0.05, 0) is 29.6 Å². The first kappa shape index (κ1) is 19.4. The molecule has 0 aliphatic heterocycles. The maximum atomic E-state index is 12.6. The summed E-state index contributed by atoms with van der Waals surface area (Å²) in [5.74, 6) is 1.12. The van der Waals surface area contributed by atoms with E-state index in [4.69, 9.17) is 16.3 Å². The molecule has 12 heteroatoms. The van der Waals surface area contributed by atoms with Gasteiger partial charge in [-0.2, -0.15) is 29.0 Å². The van der Waals surface area contributed by atoms with Crippen LogP contribution in [-0.2, 0) is 6.18 Å². The van der Waals surface area contributed by atoms with Gasteiger partial charge in [-0.25, -0.2) is 4.98 Å². The standard InChI is InChI=1S/C17H12ClF3N6OS/c18-12-7-11(17(19,20)21)8-23-16(12)28-5-4-22-13-1-2-14-24-25-15(27(14)26-13)10-3-6-29-9-10/h1-3,6-9H,4-5H2,(H,22,26). The molecule has 29 heavy (non-hydrogen) atoms. The van der Waals surface area contributed by atoms with E-state index < -0.39 is 11.7 Å². The second kappa shape index (κ2) is 7.84. The van der Waals surface area contributed by atoms with Crippen molar-refractivity contribution in [1.29, 1.82) is 0 Å². The van der Waals surface area contributed by atoms with E-state index in [0.29, 0.717) is 30.0 Å². The lowest BCUT2D eigenvalue weighted by molar-refractivity contribution is -0.137. The Bertz CT molecular complexity index is 1130. The lowest BCUT2D eigenvalue weighted by Gasteiger charge is -2.11. The van der Waals surface area contributed by atoms with Crippen molar-refractivity contribution in [3.8, 4) is 17.3 Å². The van der Waals surface area contributed by atoms with Gasteiger partial charge in [-0.1, -0.05) is 11.6 Å². The molecule has 0 radical (unpaired) electrons. The average molecular weight is 441 g/mol. The summed E-state index contributed by atoms with van der Waals surface area (Å²) < 4.78 is 44.9. The van der Waals surface area contributed by atoms with E-state index in [-0.39, 0.29) is 17.5 Å². The molecule has 0 bridgehead atoms. The van der Waals surface area contributed by atoms with E-state index in [1.165, 1.54) is 0 Å². The molecule has 0 aliphatic carbocycles. The quantitative estimate of drug-likeness (QED) is 0.447. The summed E-state index contributed by atoms with van der Waals surface area (Å²) in [6.45, 7) is 0.449. The number of alkyl halides is 3. The average Bonchev–Trinajstić information content (AvgIpc) is 3.34. The predicted octanol–water partition coefficient (Wildman–Crippen LogP) is 4.41. The van der Waals surface area contributed by atoms with Crippen LogP contribution in [0.5, 0.6) is 5.88 Å². The number of fused-ring (bicyclic) bond motifs is 1. The van der Waals surface area contributed by atoms with Crippen molar-refractivity contribution in [2.24, 2.45) is 0 Å². The van der Waals surface area contributed by atoms with Gasteiger partial charge >= 0.3 is 6.18 Å². The largest absolute Gasteiger partial charge is 0.475 e. The molecule has 0 fully saturated rings. The number of anilines is 1. The van der Waals surface area contributed by atoms with E-state index in [0.717, 1.165) is 11.6 Å². The minimum absolute atomic E-state index is 0.0663. The molecule has 0 atom stereocenters. The first-order chi connectivity index (χ1) is 13.9. The highest BCUT2D eigenvalue weighted by molar-refractivity contribution is 7.08. The van der Waals surface area contributed by atoms with Crippen molar-refractivity contribution in [1.82, 2.24) is 24.8 Å². The van der Waals surface area contributed by atoms with Crippen molar-refractivity contribution in [3.05, 3.63) is 51.8 Å². The summed E-state index contributed by atoms with van der Waals surface area (Å²) in [7, 11) is 0. The van der Waals surface area contributed by atoms with Crippen LogP contribution in [0.4, 0.5) is 19.0 Å². The normalized spacial score (nSPS) is 11.7. The summed E-state index contributed by atoms with van der Waals surface area (Å²) in [6.07, 6.45) is -3.83. The highest BCUT2D eigenvalue weighted by Gasteiger charge is 2.31. The van der Waals surface area contributed by atoms with Gasteiger partial charge in [0.05, 0.1) is 12.1 Å². The van der Waals surface area contributed by atoms with Crippen molar-refractivity contribution in [2.45, 2.75) is 6.18 Å². The fourth-order valence-electron chi connectivity index (χ4n) is 2.47. The van der Waals surface area contributed by atoms with Crippen LogP contribution in [0.25, 0.3) is 17.0 Å². The number of nitrogens with zero attached hydrogens (tertiary/aromatic N) is 5. The van der Waals surface area contributed by atoms with Crippen molar-refractivity contribution >= 4 is 34.4 Å². The van der Waals surface area contributed by atoms with E-state index in [1.807, 2.05) is 16.8 Å². The van der Waals surface area contributed by atoms with E-state index in [9.17, 15) is 13.2 Å². The Morgan fingerprint density at radius 1 is 1.21 bits per heavy atom. The fraction of sp³-hybridized carbons (Fsp3) is 0.176. The van der Waals surface area contributed by atoms with Crippen molar-refractivity contribution < 1.29 is 17.9 Å². The second-order valence-electron chi connectivity index (χ2n) is 5.81. The van der Waals surface area contributed by atoms with E-state index in [1.54, 1.807) is 28.0 Å². The molecule has 4 heterocycles. The van der Waals surface area contributed by atoms with Crippen LogP contribution in [-0.4, -0.2) is 37.9 Å². The maximum absolute atomic E-state index is 12.6. The Kier molecular flexibility index (Phi) is 5.24. The number of hydrogen-bond donors (Lipinski definition) is 1. The zero-order valence-electron chi connectivity index (χ0n) is 14.5.